The van der Waals surface area contributed by atoms with Crippen molar-refractivity contribution in [2.75, 3.05) is 20.1 Å². The highest BCUT2D eigenvalue weighted by Gasteiger charge is 2.10. The summed E-state index contributed by atoms with van der Waals surface area (Å²) in [6, 6.07) is 5.47. The standard InChI is InChI=1S/C19H24N2O4/c1-3-10-21(2)11-9-14-13-20-17-8-7-15(12-16(14)17)25-19(24)6-4-5-18(22)23/h3,7-8,12-13,20H,1,4-6,9-11H2,2H3,(H,22,23). The highest BCUT2D eigenvalue weighted by atomic mass is 16.5. The number of aromatic nitrogens is 1. The lowest BCUT2D eigenvalue weighted by Gasteiger charge is -2.13. The number of carboxylic acid groups (broad SMARTS) is 1. The predicted octanol–water partition coefficient (Wildman–Crippen LogP) is 2.99. The molecule has 2 aromatic rings. The maximum Gasteiger partial charge on any atom is 0.311 e. The van der Waals surface area contributed by atoms with Gasteiger partial charge in [0.1, 0.15) is 5.75 Å². The first-order valence-electron chi connectivity index (χ1n) is 8.31. The first kappa shape index (κ1) is 18.7. The maximum absolute atomic E-state index is 11.8. The van der Waals surface area contributed by atoms with Gasteiger partial charge in [-0.15, -0.1) is 6.58 Å². The highest BCUT2D eigenvalue weighted by molar-refractivity contribution is 5.85. The summed E-state index contributed by atoms with van der Waals surface area (Å²) in [5, 5.41) is 9.63. The third-order valence-corrected chi connectivity index (χ3v) is 3.95. The summed E-state index contributed by atoms with van der Waals surface area (Å²) in [4.78, 5) is 27.7. The number of fused-ring (bicyclic) bond motifs is 1. The van der Waals surface area contributed by atoms with Crippen LogP contribution >= 0.6 is 0 Å². The van der Waals surface area contributed by atoms with Crippen LogP contribution in [0.3, 0.4) is 0 Å². The number of ether oxygens (including phenoxy) is 1. The Bertz CT molecular complexity index is 751. The molecule has 6 nitrogen and oxygen atoms in total. The van der Waals surface area contributed by atoms with Crippen LogP contribution < -0.4 is 4.74 Å². The van der Waals surface area contributed by atoms with Gasteiger partial charge in [-0.1, -0.05) is 6.08 Å². The third-order valence-electron chi connectivity index (χ3n) is 3.95. The van der Waals surface area contributed by atoms with Crippen LogP contribution in [0, 0.1) is 0 Å². The van der Waals surface area contributed by atoms with E-state index in [2.05, 4.69) is 16.5 Å². The lowest BCUT2D eigenvalue weighted by molar-refractivity contribution is -0.137. The molecule has 0 bridgehead atoms. The molecule has 0 saturated heterocycles. The molecule has 0 atom stereocenters. The van der Waals surface area contributed by atoms with E-state index in [1.54, 1.807) is 6.07 Å². The van der Waals surface area contributed by atoms with E-state index in [4.69, 9.17) is 9.84 Å². The highest BCUT2D eigenvalue weighted by Crippen LogP contribution is 2.24. The summed E-state index contributed by atoms with van der Waals surface area (Å²) in [7, 11) is 2.04. The molecule has 1 aromatic carbocycles. The van der Waals surface area contributed by atoms with Crippen LogP contribution in [0.25, 0.3) is 10.9 Å². The molecule has 0 radical (unpaired) electrons. The van der Waals surface area contributed by atoms with Crippen molar-refractivity contribution in [1.82, 2.24) is 9.88 Å². The maximum atomic E-state index is 11.8. The van der Waals surface area contributed by atoms with Crippen LogP contribution in [0.15, 0.2) is 37.1 Å². The topological polar surface area (TPSA) is 82.6 Å². The van der Waals surface area contributed by atoms with Crippen molar-refractivity contribution < 1.29 is 19.4 Å². The van der Waals surface area contributed by atoms with Crippen LogP contribution in [0.2, 0.25) is 0 Å². The molecule has 2 rings (SSSR count). The van der Waals surface area contributed by atoms with Crippen molar-refractivity contribution in [2.24, 2.45) is 0 Å². The first-order chi connectivity index (χ1) is 12.0. The van der Waals surface area contributed by atoms with Gasteiger partial charge in [-0.2, -0.15) is 0 Å². The average molecular weight is 344 g/mol. The van der Waals surface area contributed by atoms with Crippen LogP contribution in [0.1, 0.15) is 24.8 Å². The number of aromatic amines is 1. The fraction of sp³-hybridized carbons (Fsp3) is 0.368. The largest absolute Gasteiger partial charge is 0.481 e. The molecule has 1 heterocycles. The number of carboxylic acids is 1. The van der Waals surface area contributed by atoms with Crippen molar-refractivity contribution in [3.8, 4) is 5.75 Å². The van der Waals surface area contributed by atoms with Crippen LogP contribution in [0.4, 0.5) is 0 Å². The Morgan fingerprint density at radius 3 is 2.88 bits per heavy atom. The summed E-state index contributed by atoms with van der Waals surface area (Å²) in [5.74, 6) is -0.843. The van der Waals surface area contributed by atoms with Gasteiger partial charge in [0, 0.05) is 43.0 Å². The van der Waals surface area contributed by atoms with Gasteiger partial charge < -0.3 is 19.7 Å². The molecule has 6 heteroatoms. The lowest BCUT2D eigenvalue weighted by Crippen LogP contribution is -2.20. The van der Waals surface area contributed by atoms with E-state index in [0.717, 1.165) is 36.0 Å². The minimum atomic E-state index is -0.910. The van der Waals surface area contributed by atoms with Crippen molar-refractivity contribution >= 4 is 22.8 Å². The summed E-state index contributed by atoms with van der Waals surface area (Å²) in [5.41, 5.74) is 2.15. The average Bonchev–Trinajstić information content (AvgIpc) is 2.95. The van der Waals surface area contributed by atoms with Crippen molar-refractivity contribution in [3.63, 3.8) is 0 Å². The van der Waals surface area contributed by atoms with Gasteiger partial charge in [-0.05, 0) is 43.7 Å². The van der Waals surface area contributed by atoms with E-state index in [1.807, 2.05) is 31.5 Å². The number of hydrogen-bond acceptors (Lipinski definition) is 4. The van der Waals surface area contributed by atoms with Gasteiger partial charge in [-0.3, -0.25) is 9.59 Å². The summed E-state index contributed by atoms with van der Waals surface area (Å²) in [6.45, 7) is 5.47. The number of nitrogens with one attached hydrogen (secondary N) is 1. The van der Waals surface area contributed by atoms with Crippen molar-refractivity contribution in [3.05, 3.63) is 42.6 Å². The fourth-order valence-electron chi connectivity index (χ4n) is 2.62. The number of nitrogens with zero attached hydrogens (tertiary/aromatic N) is 1. The molecule has 0 saturated carbocycles. The second-order valence-corrected chi connectivity index (χ2v) is 6.04. The third kappa shape index (κ3) is 5.76. The second-order valence-electron chi connectivity index (χ2n) is 6.04. The Morgan fingerprint density at radius 2 is 2.16 bits per heavy atom. The number of esters is 1. The number of carbonyl (C=O) groups excluding carboxylic acids is 1. The van der Waals surface area contributed by atoms with Crippen molar-refractivity contribution in [1.29, 1.82) is 0 Å². The molecule has 0 aliphatic heterocycles. The lowest BCUT2D eigenvalue weighted by atomic mass is 10.1. The van der Waals surface area contributed by atoms with E-state index in [1.165, 1.54) is 0 Å². The van der Waals surface area contributed by atoms with Crippen LogP contribution in [-0.4, -0.2) is 47.1 Å². The molecule has 0 aliphatic carbocycles. The number of likely N-dealkylation sites (N-methyl/N-ethyl adjacent to an activating group) is 1. The first-order valence-corrected chi connectivity index (χ1v) is 8.31. The zero-order chi connectivity index (χ0) is 18.2. The molecule has 134 valence electrons. The number of aliphatic carboxylic acids is 1. The van der Waals surface area contributed by atoms with Gasteiger partial charge in [0.05, 0.1) is 0 Å². The summed E-state index contributed by atoms with van der Waals surface area (Å²) in [6.07, 6.45) is 5.06. The number of carbonyl (C=O) groups is 2. The molecule has 1 aromatic heterocycles. The van der Waals surface area contributed by atoms with Gasteiger partial charge in [0.2, 0.25) is 0 Å². The van der Waals surface area contributed by atoms with Crippen LogP contribution in [0.5, 0.6) is 5.75 Å². The van der Waals surface area contributed by atoms with Gasteiger partial charge in [-0.25, -0.2) is 0 Å². The molecule has 0 spiro atoms. The number of rotatable bonds is 10. The molecule has 0 aliphatic rings. The Labute approximate surface area is 147 Å². The SMILES string of the molecule is C=CCN(C)CCc1c[nH]c2ccc(OC(=O)CCCC(=O)O)cc12. The fourth-order valence-corrected chi connectivity index (χ4v) is 2.62. The number of H-pyrrole nitrogens is 1. The monoisotopic (exact) mass is 344 g/mol. The Morgan fingerprint density at radius 1 is 1.36 bits per heavy atom. The molecule has 0 unspecified atom stereocenters. The Kier molecular flexibility index (Phi) is 6.77. The van der Waals surface area contributed by atoms with Gasteiger partial charge >= 0.3 is 11.9 Å². The van der Waals surface area contributed by atoms with Gasteiger partial charge in [0.25, 0.3) is 0 Å². The zero-order valence-electron chi connectivity index (χ0n) is 14.5. The Balaban J connectivity index is 2.00. The minimum Gasteiger partial charge on any atom is -0.481 e. The van der Waals surface area contributed by atoms with E-state index in [0.29, 0.717) is 5.75 Å². The van der Waals surface area contributed by atoms with E-state index in [9.17, 15) is 9.59 Å². The smallest absolute Gasteiger partial charge is 0.311 e. The number of hydrogen-bond donors (Lipinski definition) is 2. The summed E-state index contributed by atoms with van der Waals surface area (Å²) < 4.78 is 5.32. The minimum absolute atomic E-state index is 0.0334. The normalized spacial score (nSPS) is 11.0. The predicted molar refractivity (Wildman–Crippen MR) is 96.8 cm³/mol. The van der Waals surface area contributed by atoms with Gasteiger partial charge in [0.15, 0.2) is 0 Å². The molecule has 2 N–H and O–H groups in total. The molecular weight excluding hydrogens is 320 g/mol. The quantitative estimate of drug-likeness (QED) is 0.393. The van der Waals surface area contributed by atoms with Crippen molar-refractivity contribution in [2.45, 2.75) is 25.7 Å². The molecule has 0 fully saturated rings. The van der Waals surface area contributed by atoms with E-state index in [-0.39, 0.29) is 19.3 Å². The number of benzene rings is 1. The zero-order valence-corrected chi connectivity index (χ0v) is 14.5. The molecular formula is C19H24N2O4. The second kappa shape index (κ2) is 9.03. The Hall–Kier alpha value is -2.60. The molecule has 25 heavy (non-hydrogen) atoms. The van der Waals surface area contributed by atoms with E-state index < -0.39 is 11.9 Å². The summed E-state index contributed by atoms with van der Waals surface area (Å²) >= 11 is 0. The molecule has 0 amide bonds. The van der Waals surface area contributed by atoms with Crippen LogP contribution in [-0.2, 0) is 16.0 Å². The van der Waals surface area contributed by atoms with E-state index >= 15 is 0 Å².